The van der Waals surface area contributed by atoms with Gasteiger partial charge in [-0.05, 0) is 44.5 Å². The summed E-state index contributed by atoms with van der Waals surface area (Å²) < 4.78 is 48.3. The zero-order chi connectivity index (χ0) is 25.7. The first kappa shape index (κ1) is 24.9. The molecule has 0 aliphatic carbocycles. The average Bonchev–Trinajstić information content (AvgIpc) is 3.01. The highest BCUT2D eigenvalue weighted by atomic mass is 19.3. The number of ether oxygens (including phenoxy) is 1. The second-order valence-corrected chi connectivity index (χ2v) is 9.12. The van der Waals surface area contributed by atoms with Crippen molar-refractivity contribution in [2.45, 2.75) is 38.2 Å². The molecule has 0 fully saturated rings. The molecule has 0 bridgehead atoms. The topological polar surface area (TPSA) is 87.6 Å². The van der Waals surface area contributed by atoms with Crippen molar-refractivity contribution in [3.05, 3.63) is 58.5 Å². The Bertz CT molecular complexity index is 1320. The molecule has 10 heteroatoms. The highest BCUT2D eigenvalue weighted by Crippen LogP contribution is 2.45. The molecule has 35 heavy (non-hydrogen) atoms. The lowest BCUT2D eigenvalue weighted by molar-refractivity contribution is -0.124. The van der Waals surface area contributed by atoms with Crippen molar-refractivity contribution in [1.29, 1.82) is 0 Å². The summed E-state index contributed by atoms with van der Waals surface area (Å²) in [6, 6.07) is 6.64. The monoisotopic (exact) mass is 488 g/mol. The molecule has 0 radical (unpaired) electrons. The first-order valence-corrected chi connectivity index (χ1v) is 11.1. The van der Waals surface area contributed by atoms with Crippen molar-refractivity contribution in [3.63, 3.8) is 0 Å². The molecule has 0 saturated carbocycles. The first-order chi connectivity index (χ1) is 16.5. The standard InChI is InChI=1S/C25H27F3N4O3/c1-13(15-7-6-8-18(21(15)26)25(27,28)11-33)29-22-17-10-20-19(9-16(17)14(2)30-31-22)24(3,12-35-5)23(34)32(20)4/h6-10,13,33H,11-12H2,1-5H3,(H,29,31)/t13-,24?/m1/s1. The molecule has 4 rings (SSSR count). The fraction of sp³-hybridized carbons (Fsp3) is 0.400. The Morgan fingerprint density at radius 2 is 1.97 bits per heavy atom. The van der Waals surface area contributed by atoms with Crippen LogP contribution in [0.4, 0.5) is 24.7 Å². The van der Waals surface area contributed by atoms with Crippen LogP contribution < -0.4 is 10.2 Å². The first-order valence-electron chi connectivity index (χ1n) is 11.1. The number of aromatic nitrogens is 2. The molecule has 2 N–H and O–H groups in total. The van der Waals surface area contributed by atoms with Gasteiger partial charge in [0.15, 0.2) is 5.82 Å². The Kier molecular flexibility index (Phi) is 6.23. The van der Waals surface area contributed by atoms with Gasteiger partial charge in [-0.2, -0.15) is 13.9 Å². The van der Waals surface area contributed by atoms with Crippen molar-refractivity contribution in [2.24, 2.45) is 0 Å². The van der Waals surface area contributed by atoms with Gasteiger partial charge in [0.2, 0.25) is 5.91 Å². The van der Waals surface area contributed by atoms with Gasteiger partial charge in [0.1, 0.15) is 12.4 Å². The third-order valence-electron chi connectivity index (χ3n) is 6.69. The average molecular weight is 489 g/mol. The minimum Gasteiger partial charge on any atom is -0.390 e. The van der Waals surface area contributed by atoms with Crippen LogP contribution in [0.25, 0.3) is 10.8 Å². The predicted octanol–water partition coefficient (Wildman–Crippen LogP) is 4.22. The number of rotatable bonds is 7. The van der Waals surface area contributed by atoms with E-state index in [1.165, 1.54) is 12.1 Å². The van der Waals surface area contributed by atoms with E-state index >= 15 is 0 Å². The number of benzene rings is 2. The van der Waals surface area contributed by atoms with Gasteiger partial charge >= 0.3 is 0 Å². The van der Waals surface area contributed by atoms with Gasteiger partial charge in [-0.3, -0.25) is 4.79 Å². The highest BCUT2D eigenvalue weighted by molar-refractivity contribution is 6.11. The molecule has 1 unspecified atom stereocenters. The summed E-state index contributed by atoms with van der Waals surface area (Å²) in [6.07, 6.45) is 0. The summed E-state index contributed by atoms with van der Waals surface area (Å²) in [5.74, 6) is -4.59. The van der Waals surface area contributed by atoms with Crippen LogP contribution in [0, 0.1) is 12.7 Å². The fourth-order valence-electron chi connectivity index (χ4n) is 4.70. The summed E-state index contributed by atoms with van der Waals surface area (Å²) in [7, 11) is 3.23. The number of halogens is 3. The normalized spacial score (nSPS) is 18.8. The minimum absolute atomic E-state index is 0.00715. The number of carbonyl (C=O) groups excluding carboxylic acids is 1. The van der Waals surface area contributed by atoms with Crippen molar-refractivity contribution in [2.75, 3.05) is 37.6 Å². The van der Waals surface area contributed by atoms with Gasteiger partial charge in [0.05, 0.1) is 29.3 Å². The van der Waals surface area contributed by atoms with Crippen molar-refractivity contribution < 1.29 is 27.8 Å². The van der Waals surface area contributed by atoms with Gasteiger partial charge in [-0.1, -0.05) is 12.1 Å². The number of alkyl halides is 2. The van der Waals surface area contributed by atoms with Crippen LogP contribution in [-0.2, 0) is 20.9 Å². The number of amides is 1. The lowest BCUT2D eigenvalue weighted by Gasteiger charge is -2.22. The van der Waals surface area contributed by atoms with E-state index in [9.17, 15) is 18.0 Å². The van der Waals surface area contributed by atoms with Gasteiger partial charge in [-0.15, -0.1) is 5.10 Å². The number of likely N-dealkylation sites (N-methyl/N-ethyl adjacent to an activating group) is 1. The van der Waals surface area contributed by atoms with Crippen LogP contribution in [-0.4, -0.2) is 48.6 Å². The Hall–Kier alpha value is -3.24. The van der Waals surface area contributed by atoms with Crippen LogP contribution in [0.5, 0.6) is 0 Å². The molecule has 0 spiro atoms. The molecule has 7 nitrogen and oxygen atoms in total. The number of hydrogen-bond donors (Lipinski definition) is 2. The summed E-state index contributed by atoms with van der Waals surface area (Å²) in [6.45, 7) is 3.95. The van der Waals surface area contributed by atoms with Gasteiger partial charge in [0, 0.05) is 36.2 Å². The summed E-state index contributed by atoms with van der Waals surface area (Å²) >= 11 is 0. The molecule has 2 heterocycles. The maximum absolute atomic E-state index is 15.0. The number of aryl methyl sites for hydroxylation is 1. The van der Waals surface area contributed by atoms with Crippen LogP contribution in [0.2, 0.25) is 0 Å². The lowest BCUT2D eigenvalue weighted by Crippen LogP contribution is -2.39. The number of carbonyl (C=O) groups is 1. The lowest BCUT2D eigenvalue weighted by atomic mass is 9.83. The molecule has 2 aromatic carbocycles. The van der Waals surface area contributed by atoms with Gasteiger partial charge in [-0.25, -0.2) is 4.39 Å². The van der Waals surface area contributed by atoms with E-state index in [4.69, 9.17) is 9.84 Å². The van der Waals surface area contributed by atoms with E-state index in [-0.39, 0.29) is 18.1 Å². The number of nitrogens with one attached hydrogen (secondary N) is 1. The van der Waals surface area contributed by atoms with E-state index in [2.05, 4.69) is 15.5 Å². The van der Waals surface area contributed by atoms with Crippen LogP contribution in [0.3, 0.4) is 0 Å². The Balaban J connectivity index is 1.80. The van der Waals surface area contributed by atoms with Crippen LogP contribution in [0.15, 0.2) is 30.3 Å². The highest BCUT2D eigenvalue weighted by Gasteiger charge is 2.46. The Labute approximate surface area is 200 Å². The molecule has 3 aromatic rings. The van der Waals surface area contributed by atoms with Crippen LogP contribution in [0.1, 0.15) is 42.3 Å². The number of aliphatic hydroxyl groups excluding tert-OH is 1. The third kappa shape index (κ3) is 3.90. The number of aliphatic hydroxyl groups is 1. The predicted molar refractivity (Wildman–Crippen MR) is 126 cm³/mol. The van der Waals surface area contributed by atoms with Gasteiger partial charge < -0.3 is 20.1 Å². The molecular weight excluding hydrogens is 461 g/mol. The molecule has 0 saturated heterocycles. The number of nitrogens with zero attached hydrogens (tertiary/aromatic N) is 3. The maximum Gasteiger partial charge on any atom is 0.298 e. The zero-order valence-electron chi connectivity index (χ0n) is 20.1. The van der Waals surface area contributed by atoms with Crippen LogP contribution >= 0.6 is 0 Å². The minimum atomic E-state index is -3.71. The smallest absolute Gasteiger partial charge is 0.298 e. The molecule has 1 aliphatic heterocycles. The second kappa shape index (κ2) is 8.76. The summed E-state index contributed by atoms with van der Waals surface area (Å²) in [5.41, 5.74) is 0.401. The quantitative estimate of drug-likeness (QED) is 0.518. The number of anilines is 2. The van der Waals surface area contributed by atoms with Crippen molar-refractivity contribution in [3.8, 4) is 0 Å². The SMILES string of the molecule is COCC1(C)C(=O)N(C)c2cc3c(N[C@H](C)c4cccc(C(F)(F)CO)c4F)nnc(C)c3cc21. The Morgan fingerprint density at radius 1 is 1.26 bits per heavy atom. The molecule has 1 aliphatic rings. The number of methoxy groups -OCH3 is 1. The van der Waals surface area contributed by atoms with E-state index in [1.54, 1.807) is 32.9 Å². The van der Waals surface area contributed by atoms with E-state index in [0.29, 0.717) is 22.6 Å². The molecule has 186 valence electrons. The fourth-order valence-corrected chi connectivity index (χ4v) is 4.70. The third-order valence-corrected chi connectivity index (χ3v) is 6.69. The van der Waals surface area contributed by atoms with E-state index < -0.39 is 35.4 Å². The second-order valence-electron chi connectivity index (χ2n) is 9.12. The van der Waals surface area contributed by atoms with Gasteiger partial charge in [0.25, 0.3) is 5.92 Å². The molecule has 1 amide bonds. The molecule has 2 atom stereocenters. The number of hydrogen-bond acceptors (Lipinski definition) is 6. The summed E-state index contributed by atoms with van der Waals surface area (Å²) in [5, 5.41) is 21.9. The molecular formula is C25H27F3N4O3. The van der Waals surface area contributed by atoms with E-state index in [1.807, 2.05) is 19.1 Å². The van der Waals surface area contributed by atoms with E-state index in [0.717, 1.165) is 17.0 Å². The summed E-state index contributed by atoms with van der Waals surface area (Å²) in [4.78, 5) is 14.6. The number of fused-ring (bicyclic) bond motifs is 2. The van der Waals surface area contributed by atoms with Crippen molar-refractivity contribution in [1.82, 2.24) is 10.2 Å². The molecule has 1 aromatic heterocycles. The zero-order valence-corrected chi connectivity index (χ0v) is 20.1. The maximum atomic E-state index is 15.0. The largest absolute Gasteiger partial charge is 0.390 e. The van der Waals surface area contributed by atoms with Crippen molar-refractivity contribution >= 4 is 28.2 Å². The Morgan fingerprint density at radius 3 is 2.63 bits per heavy atom.